The summed E-state index contributed by atoms with van der Waals surface area (Å²) >= 11 is 7.87. The monoisotopic (exact) mass is 454 g/mol. The van der Waals surface area contributed by atoms with Gasteiger partial charge in [-0.15, -0.1) is 11.8 Å². The van der Waals surface area contributed by atoms with Crippen molar-refractivity contribution < 1.29 is 19.4 Å². The van der Waals surface area contributed by atoms with Crippen molar-refractivity contribution in [3.63, 3.8) is 0 Å². The summed E-state index contributed by atoms with van der Waals surface area (Å²) < 4.78 is 10.7. The van der Waals surface area contributed by atoms with E-state index in [1.54, 1.807) is 23.9 Å². The quantitative estimate of drug-likeness (QED) is 0.358. The van der Waals surface area contributed by atoms with Crippen LogP contribution in [0.2, 0.25) is 5.02 Å². The molecular formula is C25H23ClO4S. The van der Waals surface area contributed by atoms with Crippen LogP contribution < -0.4 is 9.47 Å². The highest BCUT2D eigenvalue weighted by atomic mass is 35.5. The van der Waals surface area contributed by atoms with Crippen molar-refractivity contribution in [3.8, 4) is 11.5 Å². The predicted molar refractivity (Wildman–Crippen MR) is 126 cm³/mol. The van der Waals surface area contributed by atoms with Crippen molar-refractivity contribution in [2.24, 2.45) is 0 Å². The molecule has 160 valence electrons. The second-order valence-corrected chi connectivity index (χ2v) is 8.03. The number of ether oxygens (including phenoxy) is 2. The van der Waals surface area contributed by atoms with Gasteiger partial charge in [-0.3, -0.25) is 0 Å². The van der Waals surface area contributed by atoms with E-state index >= 15 is 0 Å². The van der Waals surface area contributed by atoms with E-state index in [9.17, 15) is 4.79 Å². The summed E-state index contributed by atoms with van der Waals surface area (Å²) in [6, 6.07) is 23.7. The van der Waals surface area contributed by atoms with Gasteiger partial charge in [0.2, 0.25) is 0 Å². The SMILES string of the molecule is CCOc1ccc(C(=CCSc2ccc(OCC(=O)O)c(Cl)c2)c2ccccc2)cc1. The van der Waals surface area contributed by atoms with Crippen molar-refractivity contribution in [2.75, 3.05) is 19.0 Å². The second kappa shape index (κ2) is 11.5. The van der Waals surface area contributed by atoms with Gasteiger partial charge in [0.1, 0.15) is 11.5 Å². The number of carboxylic acid groups (broad SMARTS) is 1. The zero-order chi connectivity index (χ0) is 22.1. The molecule has 6 heteroatoms. The lowest BCUT2D eigenvalue weighted by Gasteiger charge is -2.11. The largest absolute Gasteiger partial charge is 0.494 e. The minimum atomic E-state index is -1.04. The van der Waals surface area contributed by atoms with Gasteiger partial charge in [0.15, 0.2) is 6.61 Å². The van der Waals surface area contributed by atoms with Crippen LogP contribution in [-0.2, 0) is 4.79 Å². The number of halogens is 1. The highest BCUT2D eigenvalue weighted by Gasteiger charge is 2.08. The third-order valence-corrected chi connectivity index (χ3v) is 5.57. The lowest BCUT2D eigenvalue weighted by Crippen LogP contribution is -2.09. The molecule has 0 saturated carbocycles. The van der Waals surface area contributed by atoms with Gasteiger partial charge in [0, 0.05) is 10.6 Å². The summed E-state index contributed by atoms with van der Waals surface area (Å²) in [6.07, 6.45) is 2.19. The fourth-order valence-electron chi connectivity index (χ4n) is 2.97. The number of hydrogen-bond donors (Lipinski definition) is 1. The van der Waals surface area contributed by atoms with Crippen molar-refractivity contribution in [2.45, 2.75) is 11.8 Å². The maximum absolute atomic E-state index is 10.7. The number of hydrogen-bond acceptors (Lipinski definition) is 4. The standard InChI is InChI=1S/C25H23ClO4S/c1-2-29-20-10-8-19(9-11-20)22(18-6-4-3-5-7-18)14-15-31-21-12-13-24(23(26)16-21)30-17-25(27)28/h3-14,16H,2,15,17H2,1H3,(H,27,28). The van der Waals surface area contributed by atoms with Gasteiger partial charge in [-0.05, 0) is 54.0 Å². The Morgan fingerprint density at radius 2 is 1.71 bits per heavy atom. The first-order valence-electron chi connectivity index (χ1n) is 9.82. The molecule has 0 atom stereocenters. The molecule has 0 amide bonds. The highest BCUT2D eigenvalue weighted by Crippen LogP contribution is 2.31. The van der Waals surface area contributed by atoms with Gasteiger partial charge < -0.3 is 14.6 Å². The first-order chi connectivity index (χ1) is 15.1. The molecule has 3 aromatic rings. The molecule has 4 nitrogen and oxygen atoms in total. The molecule has 0 fully saturated rings. The summed E-state index contributed by atoms with van der Waals surface area (Å²) in [6.45, 7) is 2.19. The molecule has 0 spiro atoms. The average molecular weight is 455 g/mol. The maximum atomic E-state index is 10.7. The Bertz CT molecular complexity index is 1030. The van der Waals surface area contributed by atoms with Gasteiger partial charge in [-0.2, -0.15) is 0 Å². The molecule has 3 aromatic carbocycles. The van der Waals surface area contributed by atoms with Crippen LogP contribution in [0.5, 0.6) is 11.5 Å². The molecule has 0 aliphatic carbocycles. The molecule has 1 N–H and O–H groups in total. The van der Waals surface area contributed by atoms with E-state index in [0.29, 0.717) is 17.4 Å². The number of thioether (sulfide) groups is 1. The summed E-state index contributed by atoms with van der Waals surface area (Å²) in [5.41, 5.74) is 3.40. The van der Waals surface area contributed by atoms with Gasteiger partial charge in [-0.25, -0.2) is 4.79 Å². The van der Waals surface area contributed by atoms with E-state index in [2.05, 4.69) is 30.3 Å². The van der Waals surface area contributed by atoms with Crippen LogP contribution >= 0.6 is 23.4 Å². The van der Waals surface area contributed by atoms with Gasteiger partial charge in [-0.1, -0.05) is 60.1 Å². The molecule has 0 aromatic heterocycles. The summed E-state index contributed by atoms with van der Waals surface area (Å²) in [7, 11) is 0. The van der Waals surface area contributed by atoms with Gasteiger partial charge >= 0.3 is 5.97 Å². The van der Waals surface area contributed by atoms with Crippen molar-refractivity contribution in [1.29, 1.82) is 0 Å². The van der Waals surface area contributed by atoms with Crippen LogP contribution in [0.1, 0.15) is 18.1 Å². The van der Waals surface area contributed by atoms with E-state index < -0.39 is 12.6 Å². The molecular weight excluding hydrogens is 432 g/mol. The molecule has 3 rings (SSSR count). The Hall–Kier alpha value is -2.89. The minimum Gasteiger partial charge on any atom is -0.494 e. The highest BCUT2D eigenvalue weighted by molar-refractivity contribution is 7.99. The lowest BCUT2D eigenvalue weighted by atomic mass is 9.98. The minimum absolute atomic E-state index is 0.364. The van der Waals surface area contributed by atoms with E-state index in [0.717, 1.165) is 33.1 Å². The van der Waals surface area contributed by atoms with E-state index in [4.69, 9.17) is 26.2 Å². The Morgan fingerprint density at radius 3 is 2.35 bits per heavy atom. The van der Waals surface area contributed by atoms with Gasteiger partial charge in [0.25, 0.3) is 0 Å². The maximum Gasteiger partial charge on any atom is 0.341 e. The first kappa shape index (κ1) is 22.8. The van der Waals surface area contributed by atoms with Crippen LogP contribution in [0.15, 0.2) is 83.8 Å². The molecule has 0 aliphatic rings. The van der Waals surface area contributed by atoms with Crippen molar-refractivity contribution in [3.05, 3.63) is 95.0 Å². The normalized spacial score (nSPS) is 11.2. The first-order valence-corrected chi connectivity index (χ1v) is 11.2. The molecule has 0 heterocycles. The van der Waals surface area contributed by atoms with Crippen molar-refractivity contribution in [1.82, 2.24) is 0 Å². The molecule has 0 aliphatic heterocycles. The summed E-state index contributed by atoms with van der Waals surface area (Å²) in [5.74, 6) is 0.918. The molecule has 0 radical (unpaired) electrons. The zero-order valence-electron chi connectivity index (χ0n) is 17.1. The fraction of sp³-hybridized carbons (Fsp3) is 0.160. The number of carboxylic acids is 1. The van der Waals surface area contributed by atoms with E-state index in [1.807, 2.05) is 43.3 Å². The summed E-state index contributed by atoms with van der Waals surface area (Å²) in [4.78, 5) is 11.6. The van der Waals surface area contributed by atoms with Crippen LogP contribution in [-0.4, -0.2) is 30.0 Å². The Labute approximate surface area is 191 Å². The smallest absolute Gasteiger partial charge is 0.341 e. The second-order valence-electron chi connectivity index (χ2n) is 6.53. The average Bonchev–Trinajstić information content (AvgIpc) is 2.77. The number of rotatable bonds is 10. The zero-order valence-corrected chi connectivity index (χ0v) is 18.7. The topological polar surface area (TPSA) is 55.8 Å². The number of aliphatic carboxylic acids is 1. The van der Waals surface area contributed by atoms with Crippen LogP contribution in [0.25, 0.3) is 5.57 Å². The van der Waals surface area contributed by atoms with E-state index in [1.165, 1.54) is 0 Å². The third-order valence-electron chi connectivity index (χ3n) is 4.35. The Morgan fingerprint density at radius 1 is 1.00 bits per heavy atom. The van der Waals surface area contributed by atoms with Crippen molar-refractivity contribution >= 4 is 34.9 Å². The number of benzene rings is 3. The summed E-state index contributed by atoms with van der Waals surface area (Å²) in [5, 5.41) is 9.13. The number of carbonyl (C=O) groups is 1. The van der Waals surface area contributed by atoms with Gasteiger partial charge in [0.05, 0.1) is 11.6 Å². The molecule has 0 saturated heterocycles. The van der Waals surface area contributed by atoms with Crippen LogP contribution in [0.4, 0.5) is 0 Å². The Kier molecular flexibility index (Phi) is 8.44. The fourth-order valence-corrected chi connectivity index (χ4v) is 4.07. The molecule has 0 unspecified atom stereocenters. The Balaban J connectivity index is 1.75. The third kappa shape index (κ3) is 6.81. The van der Waals surface area contributed by atoms with Crippen LogP contribution in [0, 0.1) is 0 Å². The predicted octanol–water partition coefficient (Wildman–Crippen LogP) is 6.43. The molecule has 31 heavy (non-hydrogen) atoms. The van der Waals surface area contributed by atoms with Crippen LogP contribution in [0.3, 0.4) is 0 Å². The van der Waals surface area contributed by atoms with E-state index in [-0.39, 0.29) is 0 Å². The molecule has 0 bridgehead atoms. The lowest BCUT2D eigenvalue weighted by molar-refractivity contribution is -0.139.